The van der Waals surface area contributed by atoms with Crippen molar-refractivity contribution < 1.29 is 14.4 Å². The van der Waals surface area contributed by atoms with E-state index in [0.717, 1.165) is 43.1 Å². The van der Waals surface area contributed by atoms with E-state index in [1.54, 1.807) is 0 Å². The second kappa shape index (κ2) is 10.0. The third-order valence-corrected chi connectivity index (χ3v) is 5.50. The molecule has 0 bridgehead atoms. The molecule has 1 fully saturated rings. The van der Waals surface area contributed by atoms with Crippen molar-refractivity contribution in [3.05, 3.63) is 65.5 Å². The van der Waals surface area contributed by atoms with Crippen LogP contribution in [-0.2, 0) is 6.54 Å². The minimum atomic E-state index is -0.514. The van der Waals surface area contributed by atoms with Gasteiger partial charge in [-0.15, -0.1) is 0 Å². The number of ether oxygens (including phenoxy) is 1. The van der Waals surface area contributed by atoms with Crippen molar-refractivity contribution in [2.75, 3.05) is 39.3 Å². The predicted molar refractivity (Wildman–Crippen MR) is 119 cm³/mol. The Balaban J connectivity index is 1.20. The molecule has 0 radical (unpaired) electrons. The summed E-state index contributed by atoms with van der Waals surface area (Å²) in [6.45, 7) is 9.21. The summed E-state index contributed by atoms with van der Waals surface area (Å²) in [5.74, 6) is 2.06. The van der Waals surface area contributed by atoms with Gasteiger partial charge in [0.2, 0.25) is 11.7 Å². The van der Waals surface area contributed by atoms with E-state index in [2.05, 4.69) is 26.9 Å². The van der Waals surface area contributed by atoms with Crippen LogP contribution in [0.1, 0.15) is 17.0 Å². The average Bonchev–Trinajstić information content (AvgIpc) is 3.23. The van der Waals surface area contributed by atoms with Crippen molar-refractivity contribution in [3.63, 3.8) is 0 Å². The van der Waals surface area contributed by atoms with Crippen molar-refractivity contribution in [2.45, 2.75) is 26.5 Å². The van der Waals surface area contributed by atoms with Crippen LogP contribution in [0.3, 0.4) is 0 Å². The number of hydrogen-bond donors (Lipinski definition) is 1. The number of rotatable bonds is 8. The molecule has 31 heavy (non-hydrogen) atoms. The van der Waals surface area contributed by atoms with Crippen LogP contribution >= 0.6 is 0 Å². The number of aryl methyl sites for hydroxylation is 2. The molecule has 0 amide bonds. The Kier molecular flexibility index (Phi) is 6.96. The maximum Gasteiger partial charge on any atom is 0.241 e. The molecular formula is C24H30N4O3. The molecule has 0 spiro atoms. The van der Waals surface area contributed by atoms with E-state index < -0.39 is 6.10 Å². The quantitative estimate of drug-likeness (QED) is 0.598. The molecule has 1 N–H and O–H groups in total. The third-order valence-electron chi connectivity index (χ3n) is 5.50. The van der Waals surface area contributed by atoms with Gasteiger partial charge in [-0.2, -0.15) is 4.98 Å². The average molecular weight is 423 g/mol. The van der Waals surface area contributed by atoms with Crippen molar-refractivity contribution in [1.82, 2.24) is 19.9 Å². The van der Waals surface area contributed by atoms with E-state index in [4.69, 9.17) is 9.26 Å². The van der Waals surface area contributed by atoms with Crippen molar-refractivity contribution in [3.8, 4) is 17.1 Å². The van der Waals surface area contributed by atoms with Gasteiger partial charge in [0.25, 0.3) is 0 Å². The van der Waals surface area contributed by atoms with Crippen LogP contribution in [0.5, 0.6) is 5.75 Å². The normalized spacial score (nSPS) is 16.4. The molecular weight excluding hydrogens is 392 g/mol. The SMILES string of the molecule is Cc1ccc(-c2noc(CN3CCN(CC(O)COc4cccc(C)c4)CC3)n2)cc1. The Bertz CT molecular complexity index is 965. The van der Waals surface area contributed by atoms with E-state index in [-0.39, 0.29) is 0 Å². The van der Waals surface area contributed by atoms with Crippen LogP contribution in [0.15, 0.2) is 53.1 Å². The van der Waals surface area contributed by atoms with E-state index in [1.807, 2.05) is 55.5 Å². The zero-order chi connectivity index (χ0) is 21.6. The van der Waals surface area contributed by atoms with E-state index >= 15 is 0 Å². The summed E-state index contributed by atoms with van der Waals surface area (Å²) in [5, 5.41) is 14.5. The Labute approximate surface area is 183 Å². The molecule has 2 aromatic carbocycles. The maximum absolute atomic E-state index is 10.3. The van der Waals surface area contributed by atoms with Gasteiger partial charge in [-0.25, -0.2) is 0 Å². The minimum absolute atomic E-state index is 0.299. The Morgan fingerprint density at radius 1 is 1.00 bits per heavy atom. The van der Waals surface area contributed by atoms with Crippen molar-refractivity contribution in [1.29, 1.82) is 0 Å². The molecule has 0 aliphatic carbocycles. The Hall–Kier alpha value is -2.74. The van der Waals surface area contributed by atoms with Crippen LogP contribution in [0, 0.1) is 13.8 Å². The van der Waals surface area contributed by atoms with Crippen molar-refractivity contribution >= 4 is 0 Å². The Morgan fingerprint density at radius 3 is 2.48 bits per heavy atom. The predicted octanol–water partition coefficient (Wildman–Crippen LogP) is 2.91. The fraction of sp³-hybridized carbons (Fsp3) is 0.417. The van der Waals surface area contributed by atoms with Gasteiger partial charge in [0.15, 0.2) is 0 Å². The van der Waals surface area contributed by atoms with Crippen LogP contribution in [0.25, 0.3) is 11.4 Å². The summed E-state index contributed by atoms with van der Waals surface area (Å²) in [7, 11) is 0. The van der Waals surface area contributed by atoms with Gasteiger partial charge >= 0.3 is 0 Å². The minimum Gasteiger partial charge on any atom is -0.491 e. The topological polar surface area (TPSA) is 74.9 Å². The number of piperazine rings is 1. The lowest BCUT2D eigenvalue weighted by atomic mass is 10.1. The number of aromatic nitrogens is 2. The molecule has 1 aliphatic heterocycles. The molecule has 2 heterocycles. The number of nitrogens with zero attached hydrogens (tertiary/aromatic N) is 4. The first-order valence-electron chi connectivity index (χ1n) is 10.8. The Morgan fingerprint density at radius 2 is 1.74 bits per heavy atom. The van der Waals surface area contributed by atoms with E-state index in [1.165, 1.54) is 5.56 Å². The standard InChI is InChI=1S/C24H30N4O3/c1-18-6-8-20(9-7-18)24-25-23(31-26-24)16-28-12-10-27(11-13-28)15-21(29)17-30-22-5-3-4-19(2)14-22/h3-9,14,21,29H,10-13,15-17H2,1-2H3. The van der Waals surface area contributed by atoms with Gasteiger partial charge < -0.3 is 14.4 Å². The number of β-amino-alcohol motifs (C(OH)–C–C–N with tert-alkyl or cyclic N) is 1. The smallest absolute Gasteiger partial charge is 0.241 e. The van der Waals surface area contributed by atoms with Gasteiger partial charge in [-0.1, -0.05) is 47.1 Å². The van der Waals surface area contributed by atoms with E-state index in [0.29, 0.717) is 31.4 Å². The fourth-order valence-corrected chi connectivity index (χ4v) is 3.71. The summed E-state index contributed by atoms with van der Waals surface area (Å²) in [6, 6.07) is 16.0. The number of aliphatic hydroxyl groups excluding tert-OH is 1. The fourth-order valence-electron chi connectivity index (χ4n) is 3.71. The molecule has 7 nitrogen and oxygen atoms in total. The molecule has 1 aliphatic rings. The summed E-state index contributed by atoms with van der Waals surface area (Å²) in [4.78, 5) is 9.12. The summed E-state index contributed by atoms with van der Waals surface area (Å²) < 4.78 is 11.2. The second-order valence-electron chi connectivity index (χ2n) is 8.24. The van der Waals surface area contributed by atoms with Gasteiger partial charge in [0, 0.05) is 38.3 Å². The lowest BCUT2D eigenvalue weighted by molar-refractivity contribution is 0.0426. The first kappa shape index (κ1) is 21.5. The molecule has 1 unspecified atom stereocenters. The molecule has 1 atom stereocenters. The number of aliphatic hydroxyl groups is 1. The highest BCUT2D eigenvalue weighted by Gasteiger charge is 2.21. The summed E-state index contributed by atoms with van der Waals surface area (Å²) >= 11 is 0. The van der Waals surface area contributed by atoms with E-state index in [9.17, 15) is 5.11 Å². The second-order valence-corrected chi connectivity index (χ2v) is 8.24. The molecule has 1 aromatic heterocycles. The molecule has 7 heteroatoms. The molecule has 4 rings (SSSR count). The van der Waals surface area contributed by atoms with Crippen LogP contribution in [0.2, 0.25) is 0 Å². The lowest BCUT2D eigenvalue weighted by Gasteiger charge is -2.34. The van der Waals surface area contributed by atoms with Gasteiger partial charge in [0.1, 0.15) is 18.5 Å². The molecule has 0 saturated carbocycles. The largest absolute Gasteiger partial charge is 0.491 e. The zero-order valence-electron chi connectivity index (χ0n) is 18.2. The first-order chi connectivity index (χ1) is 15.0. The van der Waals surface area contributed by atoms with Gasteiger partial charge in [-0.05, 0) is 31.5 Å². The maximum atomic E-state index is 10.3. The zero-order valence-corrected chi connectivity index (χ0v) is 18.2. The van der Waals surface area contributed by atoms with Gasteiger partial charge in [-0.3, -0.25) is 9.80 Å². The van der Waals surface area contributed by atoms with Crippen LogP contribution < -0.4 is 4.74 Å². The molecule has 1 saturated heterocycles. The monoisotopic (exact) mass is 422 g/mol. The molecule has 3 aromatic rings. The highest BCUT2D eigenvalue weighted by Crippen LogP contribution is 2.17. The molecule has 164 valence electrons. The highest BCUT2D eigenvalue weighted by molar-refractivity contribution is 5.54. The van der Waals surface area contributed by atoms with Gasteiger partial charge in [0.05, 0.1) is 6.54 Å². The van der Waals surface area contributed by atoms with Crippen LogP contribution in [-0.4, -0.2) is 70.5 Å². The number of benzene rings is 2. The first-order valence-corrected chi connectivity index (χ1v) is 10.8. The van der Waals surface area contributed by atoms with Crippen molar-refractivity contribution in [2.24, 2.45) is 0 Å². The highest BCUT2D eigenvalue weighted by atomic mass is 16.5. The summed E-state index contributed by atoms with van der Waals surface area (Å²) in [5.41, 5.74) is 3.32. The number of hydrogen-bond acceptors (Lipinski definition) is 7. The summed E-state index contributed by atoms with van der Waals surface area (Å²) in [6.07, 6.45) is -0.514. The third kappa shape index (κ3) is 6.13. The van der Waals surface area contributed by atoms with Crippen LogP contribution in [0.4, 0.5) is 0 Å². The lowest BCUT2D eigenvalue weighted by Crippen LogP contribution is -2.48.